The van der Waals surface area contributed by atoms with Crippen LogP contribution in [0.2, 0.25) is 5.02 Å². The molecule has 0 saturated heterocycles. The van der Waals surface area contributed by atoms with Gasteiger partial charge in [-0.15, -0.1) is 5.10 Å². The fraction of sp³-hybridized carbons (Fsp3) is 0.481. The van der Waals surface area contributed by atoms with Crippen LogP contribution >= 0.6 is 11.6 Å². The van der Waals surface area contributed by atoms with Gasteiger partial charge in [0.1, 0.15) is 5.60 Å². The van der Waals surface area contributed by atoms with E-state index in [4.69, 9.17) is 16.3 Å². The van der Waals surface area contributed by atoms with Crippen molar-refractivity contribution in [2.45, 2.75) is 71.1 Å². The Hall–Kier alpha value is -3.55. The van der Waals surface area contributed by atoms with Gasteiger partial charge in [-0.25, -0.2) is 4.79 Å². The number of aromatic nitrogens is 4. The Balaban J connectivity index is 1.89. The predicted molar refractivity (Wildman–Crippen MR) is 143 cm³/mol. The number of hydrogen-bond acceptors (Lipinski definition) is 6. The zero-order valence-corrected chi connectivity index (χ0v) is 24.2. The van der Waals surface area contributed by atoms with E-state index in [1.807, 2.05) is 0 Å². The SMILES string of the molecule is Cc1cc2c(cc1C(F)(F)F)N(C(=O)OC(C)(C)C)CCCC2N(Cc1cc(Cl)cc(C(F)(F)F)c1)c1nnn(C)n1. The summed E-state index contributed by atoms with van der Waals surface area (Å²) in [6, 6.07) is 4.61. The van der Waals surface area contributed by atoms with Crippen molar-refractivity contribution < 1.29 is 35.9 Å². The lowest BCUT2D eigenvalue weighted by Crippen LogP contribution is -2.37. The number of ether oxygens (including phenoxy) is 1. The minimum atomic E-state index is -4.71. The summed E-state index contributed by atoms with van der Waals surface area (Å²) in [5.74, 6) is 0.0326. The minimum Gasteiger partial charge on any atom is -0.443 e. The lowest BCUT2D eigenvalue weighted by atomic mass is 9.94. The van der Waals surface area contributed by atoms with Crippen molar-refractivity contribution in [2.75, 3.05) is 16.3 Å². The molecule has 15 heteroatoms. The maximum absolute atomic E-state index is 14.0. The summed E-state index contributed by atoms with van der Waals surface area (Å²) in [4.78, 5) is 17.1. The molecule has 1 aliphatic rings. The van der Waals surface area contributed by atoms with Gasteiger partial charge in [-0.3, -0.25) is 4.90 Å². The highest BCUT2D eigenvalue weighted by Crippen LogP contribution is 2.44. The van der Waals surface area contributed by atoms with Crippen molar-refractivity contribution in [3.63, 3.8) is 0 Å². The summed E-state index contributed by atoms with van der Waals surface area (Å²) in [6.07, 6.45) is -9.58. The molecule has 0 saturated carbocycles. The summed E-state index contributed by atoms with van der Waals surface area (Å²) in [5.41, 5.74) is -2.43. The number of alkyl halides is 6. The monoisotopic (exact) mass is 618 g/mol. The number of rotatable bonds is 4. The van der Waals surface area contributed by atoms with E-state index in [2.05, 4.69) is 15.4 Å². The minimum absolute atomic E-state index is 0.0272. The van der Waals surface area contributed by atoms with Crippen LogP contribution in [-0.2, 0) is 30.7 Å². The number of tetrazole rings is 1. The van der Waals surface area contributed by atoms with E-state index in [0.717, 1.165) is 23.0 Å². The number of halogens is 7. The molecule has 0 N–H and O–H groups in total. The van der Waals surface area contributed by atoms with Gasteiger partial charge in [0.25, 0.3) is 5.95 Å². The number of carbonyl (C=O) groups excluding carboxylic acids is 1. The smallest absolute Gasteiger partial charge is 0.416 e. The van der Waals surface area contributed by atoms with Crippen molar-refractivity contribution in [3.8, 4) is 0 Å². The number of carbonyl (C=O) groups is 1. The van der Waals surface area contributed by atoms with Crippen molar-refractivity contribution in [3.05, 3.63) is 63.2 Å². The Morgan fingerprint density at radius 2 is 1.76 bits per heavy atom. The molecule has 1 amide bonds. The summed E-state index contributed by atoms with van der Waals surface area (Å²) < 4.78 is 88.3. The van der Waals surface area contributed by atoms with Crippen LogP contribution in [0.4, 0.5) is 42.8 Å². The average molecular weight is 619 g/mol. The third-order valence-corrected chi connectivity index (χ3v) is 6.79. The Kier molecular flexibility index (Phi) is 8.42. The van der Waals surface area contributed by atoms with Crippen molar-refractivity contribution in [1.29, 1.82) is 0 Å². The normalized spacial score (nSPS) is 16.2. The van der Waals surface area contributed by atoms with Gasteiger partial charge in [0.15, 0.2) is 0 Å². The molecule has 2 heterocycles. The molecule has 1 unspecified atom stereocenters. The van der Waals surface area contributed by atoms with Gasteiger partial charge in [-0.1, -0.05) is 22.8 Å². The molecule has 4 rings (SSSR count). The number of fused-ring (bicyclic) bond motifs is 1. The third-order valence-electron chi connectivity index (χ3n) is 6.57. The highest BCUT2D eigenvalue weighted by Gasteiger charge is 2.39. The molecule has 0 aliphatic carbocycles. The average Bonchev–Trinajstić information content (AvgIpc) is 3.17. The van der Waals surface area contributed by atoms with Crippen molar-refractivity contribution in [1.82, 2.24) is 20.2 Å². The molecule has 0 radical (unpaired) electrons. The lowest BCUT2D eigenvalue weighted by Gasteiger charge is -2.33. The maximum atomic E-state index is 14.0. The second-order valence-corrected chi connectivity index (χ2v) is 11.5. The quantitative estimate of drug-likeness (QED) is 0.282. The largest absolute Gasteiger partial charge is 0.443 e. The third kappa shape index (κ3) is 7.08. The van der Waals surface area contributed by atoms with E-state index in [-0.39, 0.29) is 40.9 Å². The number of benzene rings is 2. The van der Waals surface area contributed by atoms with Crippen LogP contribution in [0.25, 0.3) is 0 Å². The molecule has 1 aromatic heterocycles. The molecule has 0 spiro atoms. The molecule has 1 atom stereocenters. The van der Waals surface area contributed by atoms with Gasteiger partial charge in [-0.2, -0.15) is 31.1 Å². The standard InChI is InChI=1S/C27H29ClF6N6O2/c1-15-9-19-21(7-6-8-39(24(41)42-25(2,3)4)22(19)13-20(15)27(32,33)34)40(23-35-37-38(5)36-23)14-16-10-17(26(29,30)31)12-18(28)11-16/h9-13,21H,6-8,14H2,1-5H3. The number of nitrogens with zero attached hydrogens (tertiary/aromatic N) is 6. The van der Waals surface area contributed by atoms with E-state index in [1.165, 1.54) is 31.0 Å². The number of aryl methyl sites for hydroxylation is 2. The van der Waals surface area contributed by atoms with Gasteiger partial charge >= 0.3 is 18.4 Å². The van der Waals surface area contributed by atoms with E-state index >= 15 is 0 Å². The molecule has 0 fully saturated rings. The molecule has 2 aromatic carbocycles. The van der Waals surface area contributed by atoms with Gasteiger partial charge < -0.3 is 9.64 Å². The Morgan fingerprint density at radius 3 is 2.33 bits per heavy atom. The van der Waals surface area contributed by atoms with Gasteiger partial charge in [0, 0.05) is 18.1 Å². The fourth-order valence-corrected chi connectivity index (χ4v) is 5.14. The molecule has 42 heavy (non-hydrogen) atoms. The number of hydrogen-bond donors (Lipinski definition) is 0. The fourth-order valence-electron chi connectivity index (χ4n) is 4.89. The molecule has 8 nitrogen and oxygen atoms in total. The lowest BCUT2D eigenvalue weighted by molar-refractivity contribution is -0.138. The first kappa shape index (κ1) is 31.4. The topological polar surface area (TPSA) is 76.4 Å². The number of amides is 1. The highest BCUT2D eigenvalue weighted by atomic mass is 35.5. The zero-order chi connectivity index (χ0) is 31.2. The molecular weight excluding hydrogens is 590 g/mol. The van der Waals surface area contributed by atoms with E-state index in [0.29, 0.717) is 18.4 Å². The molecule has 1 aliphatic heterocycles. The van der Waals surface area contributed by atoms with Gasteiger partial charge in [-0.05, 0) is 86.7 Å². The summed E-state index contributed by atoms with van der Waals surface area (Å²) >= 11 is 6.04. The van der Waals surface area contributed by atoms with Crippen LogP contribution in [-0.4, -0.2) is 38.4 Å². The van der Waals surface area contributed by atoms with Crippen LogP contribution in [0.3, 0.4) is 0 Å². The zero-order valence-electron chi connectivity index (χ0n) is 23.4. The van der Waals surface area contributed by atoms with Crippen LogP contribution in [0.15, 0.2) is 30.3 Å². The van der Waals surface area contributed by atoms with Crippen LogP contribution < -0.4 is 9.80 Å². The van der Waals surface area contributed by atoms with E-state index in [9.17, 15) is 31.1 Å². The van der Waals surface area contributed by atoms with E-state index in [1.54, 1.807) is 25.7 Å². The van der Waals surface area contributed by atoms with Crippen molar-refractivity contribution >= 4 is 29.3 Å². The van der Waals surface area contributed by atoms with E-state index < -0.39 is 41.2 Å². The summed E-state index contributed by atoms with van der Waals surface area (Å²) in [7, 11) is 1.50. The molecule has 0 bridgehead atoms. The van der Waals surface area contributed by atoms with Crippen LogP contribution in [0.5, 0.6) is 0 Å². The molecular formula is C27H29ClF6N6O2. The second kappa shape index (κ2) is 11.3. The Labute approximate surface area is 243 Å². The van der Waals surface area contributed by atoms with Crippen LogP contribution in [0.1, 0.15) is 67.5 Å². The Bertz CT molecular complexity index is 1470. The van der Waals surface area contributed by atoms with Crippen molar-refractivity contribution in [2.24, 2.45) is 7.05 Å². The first-order valence-electron chi connectivity index (χ1n) is 12.9. The first-order valence-corrected chi connectivity index (χ1v) is 13.3. The maximum Gasteiger partial charge on any atom is 0.416 e. The highest BCUT2D eigenvalue weighted by molar-refractivity contribution is 6.30. The first-order chi connectivity index (χ1) is 19.3. The molecule has 3 aromatic rings. The molecule has 228 valence electrons. The Morgan fingerprint density at radius 1 is 1.07 bits per heavy atom. The summed E-state index contributed by atoms with van der Waals surface area (Å²) in [6.45, 7) is 6.08. The second-order valence-electron chi connectivity index (χ2n) is 11.1. The van der Waals surface area contributed by atoms with Gasteiger partial charge in [0.2, 0.25) is 0 Å². The van der Waals surface area contributed by atoms with Gasteiger partial charge in [0.05, 0.1) is 29.9 Å². The van der Waals surface area contributed by atoms with Crippen LogP contribution in [0, 0.1) is 6.92 Å². The summed E-state index contributed by atoms with van der Waals surface area (Å²) in [5, 5.41) is 12.0. The number of anilines is 2. The predicted octanol–water partition coefficient (Wildman–Crippen LogP) is 7.49.